The second-order valence-electron chi connectivity index (χ2n) is 8.42. The number of morpholine rings is 1. The first kappa shape index (κ1) is 17.2. The van der Waals surface area contributed by atoms with Crippen molar-refractivity contribution in [3.63, 3.8) is 0 Å². The molecule has 2 unspecified atom stereocenters. The van der Waals surface area contributed by atoms with E-state index in [2.05, 4.69) is 56.8 Å². The lowest BCUT2D eigenvalue weighted by Gasteiger charge is -2.42. The van der Waals surface area contributed by atoms with Crippen LogP contribution in [0.5, 0.6) is 0 Å². The predicted molar refractivity (Wildman–Crippen MR) is 98.7 cm³/mol. The van der Waals surface area contributed by atoms with Gasteiger partial charge in [0.05, 0.1) is 30.5 Å². The van der Waals surface area contributed by atoms with Crippen LogP contribution in [-0.2, 0) is 14.0 Å². The summed E-state index contributed by atoms with van der Waals surface area (Å²) in [4.78, 5) is 6.88. The first-order valence-electron chi connectivity index (χ1n) is 9.08. The molecule has 1 aromatic rings. The molecule has 6 heteroatoms. The molecule has 0 saturated carbocycles. The molecule has 4 rings (SSSR count). The number of hydrogen-bond acceptors (Lipinski definition) is 5. The molecule has 0 aromatic carbocycles. The summed E-state index contributed by atoms with van der Waals surface area (Å²) >= 11 is 0. The maximum atomic E-state index is 6.17. The summed E-state index contributed by atoms with van der Waals surface area (Å²) < 4.78 is 18.0. The van der Waals surface area contributed by atoms with Crippen molar-refractivity contribution in [1.29, 1.82) is 0 Å². The number of rotatable bonds is 2. The van der Waals surface area contributed by atoms with Gasteiger partial charge in [-0.25, -0.2) is 0 Å². The Morgan fingerprint density at radius 2 is 1.84 bits per heavy atom. The standard InChI is InChI=1S/C19H27BN2O3/c1-18(2)19(3,4)25-20(24-18)15-6-14(9-21-10-15)13-7-16-11-23-12-17(8-13)22(16)5/h6-7,9-10,16-17H,8,11-12H2,1-5H3. The van der Waals surface area contributed by atoms with Crippen molar-refractivity contribution >= 4 is 18.2 Å². The van der Waals surface area contributed by atoms with Crippen LogP contribution < -0.4 is 5.46 Å². The Balaban J connectivity index is 1.61. The monoisotopic (exact) mass is 342 g/mol. The van der Waals surface area contributed by atoms with E-state index in [0.29, 0.717) is 12.1 Å². The third kappa shape index (κ3) is 2.95. The van der Waals surface area contributed by atoms with Gasteiger partial charge in [-0.15, -0.1) is 0 Å². The van der Waals surface area contributed by atoms with E-state index in [9.17, 15) is 0 Å². The molecule has 0 radical (unpaired) electrons. The zero-order valence-corrected chi connectivity index (χ0v) is 15.8. The molecule has 0 N–H and O–H groups in total. The minimum Gasteiger partial charge on any atom is -0.399 e. The Hall–Kier alpha value is -1.21. The van der Waals surface area contributed by atoms with Crippen molar-refractivity contribution in [2.75, 3.05) is 20.3 Å². The van der Waals surface area contributed by atoms with Gasteiger partial charge in [0.2, 0.25) is 0 Å². The molecule has 0 amide bonds. The molecule has 0 aliphatic carbocycles. The number of nitrogens with zero attached hydrogens (tertiary/aromatic N) is 2. The summed E-state index contributed by atoms with van der Waals surface area (Å²) in [5.41, 5.74) is 2.82. The van der Waals surface area contributed by atoms with Gasteiger partial charge in [-0.3, -0.25) is 9.88 Å². The summed E-state index contributed by atoms with van der Waals surface area (Å²) in [6.45, 7) is 9.86. The average molecular weight is 342 g/mol. The number of aromatic nitrogens is 1. The summed E-state index contributed by atoms with van der Waals surface area (Å²) in [7, 11) is 1.82. The predicted octanol–water partition coefficient (Wildman–Crippen LogP) is 1.87. The molecule has 2 bridgehead atoms. The van der Waals surface area contributed by atoms with Crippen LogP contribution in [0.3, 0.4) is 0 Å². The Morgan fingerprint density at radius 1 is 1.12 bits per heavy atom. The van der Waals surface area contributed by atoms with Crippen LogP contribution >= 0.6 is 0 Å². The second kappa shape index (κ2) is 5.91. The van der Waals surface area contributed by atoms with Gasteiger partial charge >= 0.3 is 7.12 Å². The molecule has 2 saturated heterocycles. The van der Waals surface area contributed by atoms with Crippen molar-refractivity contribution in [2.45, 2.75) is 57.4 Å². The highest BCUT2D eigenvalue weighted by molar-refractivity contribution is 6.62. The van der Waals surface area contributed by atoms with Crippen molar-refractivity contribution in [1.82, 2.24) is 9.88 Å². The van der Waals surface area contributed by atoms with Crippen LogP contribution in [0.25, 0.3) is 5.57 Å². The fourth-order valence-corrected chi connectivity index (χ4v) is 3.71. The molecule has 5 nitrogen and oxygen atoms in total. The fraction of sp³-hybridized carbons (Fsp3) is 0.632. The van der Waals surface area contributed by atoms with Crippen LogP contribution in [-0.4, -0.2) is 60.5 Å². The van der Waals surface area contributed by atoms with Gasteiger partial charge in [-0.1, -0.05) is 12.1 Å². The van der Waals surface area contributed by atoms with E-state index >= 15 is 0 Å². The maximum Gasteiger partial charge on any atom is 0.496 e. The van der Waals surface area contributed by atoms with Crippen LogP contribution in [0.1, 0.15) is 39.7 Å². The van der Waals surface area contributed by atoms with E-state index in [4.69, 9.17) is 14.0 Å². The second-order valence-corrected chi connectivity index (χ2v) is 8.42. The van der Waals surface area contributed by atoms with E-state index in [1.54, 1.807) is 0 Å². The molecule has 0 spiro atoms. The number of hydrogen-bond donors (Lipinski definition) is 0. The van der Waals surface area contributed by atoms with Gasteiger partial charge in [0.25, 0.3) is 0 Å². The fourth-order valence-electron chi connectivity index (χ4n) is 3.71. The normalized spacial score (nSPS) is 31.1. The van der Waals surface area contributed by atoms with Gasteiger partial charge in [0.15, 0.2) is 0 Å². The van der Waals surface area contributed by atoms with Crippen LogP contribution in [0.2, 0.25) is 0 Å². The molecule has 2 atom stereocenters. The summed E-state index contributed by atoms with van der Waals surface area (Å²) in [5, 5.41) is 0. The summed E-state index contributed by atoms with van der Waals surface area (Å²) in [6, 6.07) is 2.96. The third-order valence-corrected chi connectivity index (χ3v) is 6.20. The Morgan fingerprint density at radius 3 is 2.52 bits per heavy atom. The molecule has 3 aliphatic rings. The van der Waals surface area contributed by atoms with Crippen molar-refractivity contribution in [3.05, 3.63) is 30.1 Å². The quantitative estimate of drug-likeness (QED) is 0.768. The Kier molecular flexibility index (Phi) is 4.07. The Bertz CT molecular complexity index is 688. The highest BCUT2D eigenvalue weighted by Gasteiger charge is 2.51. The third-order valence-electron chi connectivity index (χ3n) is 6.20. The molecule has 2 fully saturated rings. The first-order chi connectivity index (χ1) is 11.8. The van der Waals surface area contributed by atoms with E-state index < -0.39 is 0 Å². The van der Waals surface area contributed by atoms with E-state index in [1.165, 1.54) is 5.57 Å². The zero-order chi connectivity index (χ0) is 17.8. The lowest BCUT2D eigenvalue weighted by molar-refractivity contribution is -0.0221. The molecule has 3 aliphatic heterocycles. The van der Waals surface area contributed by atoms with Gasteiger partial charge in [-0.2, -0.15) is 0 Å². The Labute approximate surface area is 150 Å². The topological polar surface area (TPSA) is 43.8 Å². The zero-order valence-electron chi connectivity index (χ0n) is 15.8. The molecular weight excluding hydrogens is 315 g/mol. The van der Waals surface area contributed by atoms with Crippen molar-refractivity contribution in [3.8, 4) is 0 Å². The molecule has 134 valence electrons. The van der Waals surface area contributed by atoms with Crippen molar-refractivity contribution in [2.24, 2.45) is 0 Å². The molecule has 1 aromatic heterocycles. The minimum atomic E-state index is -0.368. The largest absolute Gasteiger partial charge is 0.496 e. The number of ether oxygens (including phenoxy) is 1. The maximum absolute atomic E-state index is 6.17. The van der Waals surface area contributed by atoms with E-state index in [0.717, 1.165) is 30.7 Å². The first-order valence-corrected chi connectivity index (χ1v) is 9.08. The summed E-state index contributed by atoms with van der Waals surface area (Å²) in [6.07, 6.45) is 7.11. The number of likely N-dealkylation sites (N-methyl/N-ethyl adjacent to an activating group) is 1. The van der Waals surface area contributed by atoms with E-state index in [1.807, 2.05) is 12.4 Å². The van der Waals surface area contributed by atoms with Gasteiger partial charge in [-0.05, 0) is 52.3 Å². The van der Waals surface area contributed by atoms with Gasteiger partial charge in [0, 0.05) is 23.9 Å². The van der Waals surface area contributed by atoms with Crippen molar-refractivity contribution < 1.29 is 14.0 Å². The number of pyridine rings is 1. The van der Waals surface area contributed by atoms with Crippen LogP contribution in [0.4, 0.5) is 0 Å². The minimum absolute atomic E-state index is 0.338. The van der Waals surface area contributed by atoms with Crippen LogP contribution in [0, 0.1) is 0 Å². The van der Waals surface area contributed by atoms with E-state index in [-0.39, 0.29) is 18.3 Å². The lowest BCUT2D eigenvalue weighted by Crippen LogP contribution is -2.51. The molecule has 25 heavy (non-hydrogen) atoms. The van der Waals surface area contributed by atoms with Gasteiger partial charge in [0.1, 0.15) is 0 Å². The SMILES string of the molecule is CN1C2C=C(c3cncc(B4OC(C)(C)C(C)(C)O4)c3)CC1COC2. The summed E-state index contributed by atoms with van der Waals surface area (Å²) in [5.74, 6) is 0. The molecular formula is C19H27BN2O3. The smallest absolute Gasteiger partial charge is 0.399 e. The van der Waals surface area contributed by atoms with Crippen LogP contribution in [0.15, 0.2) is 24.5 Å². The average Bonchev–Trinajstić information content (AvgIpc) is 2.75. The highest BCUT2D eigenvalue weighted by atomic mass is 16.7. The number of fused-ring (bicyclic) bond motifs is 2. The highest BCUT2D eigenvalue weighted by Crippen LogP contribution is 2.37. The lowest BCUT2D eigenvalue weighted by atomic mass is 9.78. The molecule has 4 heterocycles. The van der Waals surface area contributed by atoms with Gasteiger partial charge < -0.3 is 14.0 Å².